The molecule has 29 heavy (non-hydrogen) atoms. The smallest absolute Gasteiger partial charge is 0.251 e. The van der Waals surface area contributed by atoms with Crippen molar-refractivity contribution in [2.24, 2.45) is 0 Å². The van der Waals surface area contributed by atoms with E-state index in [9.17, 15) is 4.79 Å². The number of rotatable bonds is 8. The molecule has 150 valence electrons. The highest BCUT2D eigenvalue weighted by Gasteiger charge is 2.12. The standard InChI is InChI=1S/C25H27NO3/c1-4-18(2)26-25(27)21-12-15-24(28-3)22(16-21)17-29-23-13-10-20(11-14-23)19-8-6-5-7-9-19/h5-16,18H,4,17H2,1-3H3,(H,26,27)/t18-/m0/s1. The SMILES string of the molecule is CC[C@H](C)NC(=O)c1ccc(OC)c(COc2ccc(-c3ccccc3)cc2)c1. The van der Waals surface area contributed by atoms with Crippen LogP contribution in [0.3, 0.4) is 0 Å². The second kappa shape index (κ2) is 9.78. The van der Waals surface area contributed by atoms with E-state index in [4.69, 9.17) is 9.47 Å². The Labute approximate surface area is 172 Å². The first-order valence-electron chi connectivity index (χ1n) is 9.86. The number of hydrogen-bond acceptors (Lipinski definition) is 3. The van der Waals surface area contributed by atoms with Gasteiger partial charge >= 0.3 is 0 Å². The fourth-order valence-electron chi connectivity index (χ4n) is 2.98. The maximum atomic E-state index is 12.4. The van der Waals surface area contributed by atoms with Crippen LogP contribution in [-0.4, -0.2) is 19.1 Å². The Morgan fingerprint density at radius 1 is 0.966 bits per heavy atom. The van der Waals surface area contributed by atoms with Gasteiger partial charge in [0.15, 0.2) is 0 Å². The first-order valence-corrected chi connectivity index (χ1v) is 9.86. The number of carbonyl (C=O) groups is 1. The number of nitrogens with one attached hydrogen (secondary N) is 1. The van der Waals surface area contributed by atoms with Crippen LogP contribution in [0, 0.1) is 0 Å². The van der Waals surface area contributed by atoms with Crippen LogP contribution in [0.25, 0.3) is 11.1 Å². The maximum Gasteiger partial charge on any atom is 0.251 e. The molecule has 3 aromatic rings. The van der Waals surface area contributed by atoms with E-state index in [1.54, 1.807) is 13.2 Å². The molecular weight excluding hydrogens is 362 g/mol. The molecule has 3 rings (SSSR count). The topological polar surface area (TPSA) is 47.6 Å². The molecule has 1 N–H and O–H groups in total. The molecule has 0 unspecified atom stereocenters. The molecule has 0 radical (unpaired) electrons. The molecule has 0 aromatic heterocycles. The molecule has 1 amide bonds. The number of hydrogen-bond donors (Lipinski definition) is 1. The van der Waals surface area contributed by atoms with Crippen molar-refractivity contribution in [1.82, 2.24) is 5.32 Å². The highest BCUT2D eigenvalue weighted by Crippen LogP contribution is 2.25. The molecule has 0 aliphatic heterocycles. The van der Waals surface area contributed by atoms with Crippen LogP contribution in [-0.2, 0) is 6.61 Å². The summed E-state index contributed by atoms with van der Waals surface area (Å²) in [6, 6.07) is 23.7. The normalized spacial score (nSPS) is 11.6. The predicted molar refractivity (Wildman–Crippen MR) is 116 cm³/mol. The largest absolute Gasteiger partial charge is 0.496 e. The summed E-state index contributed by atoms with van der Waals surface area (Å²) in [5.74, 6) is 1.38. The van der Waals surface area contributed by atoms with Gasteiger partial charge in [-0.05, 0) is 54.8 Å². The van der Waals surface area contributed by atoms with E-state index >= 15 is 0 Å². The van der Waals surface area contributed by atoms with Crippen molar-refractivity contribution < 1.29 is 14.3 Å². The van der Waals surface area contributed by atoms with Gasteiger partial charge in [-0.1, -0.05) is 49.4 Å². The number of carbonyl (C=O) groups excluding carboxylic acids is 1. The molecule has 1 atom stereocenters. The van der Waals surface area contributed by atoms with Gasteiger partial charge in [0, 0.05) is 17.2 Å². The second-order valence-electron chi connectivity index (χ2n) is 6.99. The second-order valence-corrected chi connectivity index (χ2v) is 6.99. The van der Waals surface area contributed by atoms with E-state index in [-0.39, 0.29) is 11.9 Å². The third-order valence-corrected chi connectivity index (χ3v) is 4.89. The lowest BCUT2D eigenvalue weighted by Crippen LogP contribution is -2.31. The Kier molecular flexibility index (Phi) is 6.90. The fraction of sp³-hybridized carbons (Fsp3) is 0.240. The van der Waals surface area contributed by atoms with Gasteiger partial charge in [0.05, 0.1) is 7.11 Å². The Bertz CT molecular complexity index is 936. The molecule has 3 aromatic carbocycles. The Morgan fingerprint density at radius 3 is 2.31 bits per heavy atom. The molecule has 0 fully saturated rings. The van der Waals surface area contributed by atoms with Crippen LogP contribution >= 0.6 is 0 Å². The van der Waals surface area contributed by atoms with Crippen molar-refractivity contribution >= 4 is 5.91 Å². The van der Waals surface area contributed by atoms with Crippen molar-refractivity contribution in [3.63, 3.8) is 0 Å². The average Bonchev–Trinajstić information content (AvgIpc) is 2.78. The van der Waals surface area contributed by atoms with Gasteiger partial charge in [-0.2, -0.15) is 0 Å². The van der Waals surface area contributed by atoms with Gasteiger partial charge in [0.1, 0.15) is 18.1 Å². The van der Waals surface area contributed by atoms with Gasteiger partial charge in [-0.25, -0.2) is 0 Å². The van der Waals surface area contributed by atoms with Crippen LogP contribution in [0.4, 0.5) is 0 Å². The van der Waals surface area contributed by atoms with Gasteiger partial charge in [0.2, 0.25) is 0 Å². The average molecular weight is 389 g/mol. The van der Waals surface area contributed by atoms with E-state index in [0.717, 1.165) is 23.3 Å². The van der Waals surface area contributed by atoms with E-state index < -0.39 is 0 Å². The monoisotopic (exact) mass is 389 g/mol. The van der Waals surface area contributed by atoms with Crippen LogP contribution in [0.15, 0.2) is 72.8 Å². The summed E-state index contributed by atoms with van der Waals surface area (Å²) in [7, 11) is 1.62. The molecule has 0 bridgehead atoms. The first-order chi connectivity index (χ1) is 14.1. The molecule has 0 saturated carbocycles. The molecule has 0 spiro atoms. The molecule has 4 nitrogen and oxygen atoms in total. The number of ether oxygens (including phenoxy) is 2. The third kappa shape index (κ3) is 5.38. The van der Waals surface area contributed by atoms with Gasteiger partial charge in [0.25, 0.3) is 5.91 Å². The van der Waals surface area contributed by atoms with Crippen LogP contribution in [0.1, 0.15) is 36.2 Å². The Morgan fingerprint density at radius 2 is 1.66 bits per heavy atom. The number of amides is 1. The minimum atomic E-state index is -0.0875. The Hall–Kier alpha value is -3.27. The van der Waals surface area contributed by atoms with Gasteiger partial charge in [-0.3, -0.25) is 4.79 Å². The quantitative estimate of drug-likeness (QED) is 0.556. The minimum absolute atomic E-state index is 0.0875. The molecule has 0 heterocycles. The van der Waals surface area contributed by atoms with E-state index in [2.05, 4.69) is 17.4 Å². The fourth-order valence-corrected chi connectivity index (χ4v) is 2.98. The third-order valence-electron chi connectivity index (χ3n) is 4.89. The number of benzene rings is 3. The minimum Gasteiger partial charge on any atom is -0.496 e. The molecule has 0 aliphatic rings. The van der Waals surface area contributed by atoms with Crippen molar-refractivity contribution in [1.29, 1.82) is 0 Å². The van der Waals surface area contributed by atoms with Crippen LogP contribution < -0.4 is 14.8 Å². The van der Waals surface area contributed by atoms with Crippen molar-refractivity contribution in [2.75, 3.05) is 7.11 Å². The zero-order valence-corrected chi connectivity index (χ0v) is 17.1. The summed E-state index contributed by atoms with van der Waals surface area (Å²) in [5.41, 5.74) is 3.74. The van der Waals surface area contributed by atoms with E-state index in [1.165, 1.54) is 5.56 Å². The highest BCUT2D eigenvalue weighted by molar-refractivity contribution is 5.94. The summed E-state index contributed by atoms with van der Waals surface area (Å²) in [5, 5.41) is 2.99. The maximum absolute atomic E-state index is 12.4. The summed E-state index contributed by atoms with van der Waals surface area (Å²) >= 11 is 0. The predicted octanol–water partition coefficient (Wildman–Crippen LogP) is 5.47. The van der Waals surface area contributed by atoms with Gasteiger partial charge < -0.3 is 14.8 Å². The van der Waals surface area contributed by atoms with Crippen molar-refractivity contribution in [2.45, 2.75) is 32.9 Å². The summed E-state index contributed by atoms with van der Waals surface area (Å²) in [6.45, 7) is 4.35. The zero-order chi connectivity index (χ0) is 20.6. The van der Waals surface area contributed by atoms with Crippen molar-refractivity contribution in [3.8, 4) is 22.6 Å². The van der Waals surface area contributed by atoms with Crippen LogP contribution in [0.5, 0.6) is 11.5 Å². The lowest BCUT2D eigenvalue weighted by Gasteiger charge is -2.14. The highest BCUT2D eigenvalue weighted by atomic mass is 16.5. The lowest BCUT2D eigenvalue weighted by atomic mass is 10.1. The van der Waals surface area contributed by atoms with Gasteiger partial charge in [-0.15, -0.1) is 0 Å². The summed E-state index contributed by atoms with van der Waals surface area (Å²) in [6.07, 6.45) is 0.886. The summed E-state index contributed by atoms with van der Waals surface area (Å²) < 4.78 is 11.4. The molecular formula is C25H27NO3. The van der Waals surface area contributed by atoms with E-state index in [0.29, 0.717) is 17.9 Å². The summed E-state index contributed by atoms with van der Waals surface area (Å²) in [4.78, 5) is 12.4. The molecule has 4 heteroatoms. The lowest BCUT2D eigenvalue weighted by molar-refractivity contribution is 0.0939. The van der Waals surface area contributed by atoms with Crippen LogP contribution in [0.2, 0.25) is 0 Å². The number of methoxy groups -OCH3 is 1. The van der Waals surface area contributed by atoms with Crippen molar-refractivity contribution in [3.05, 3.63) is 83.9 Å². The first kappa shape index (κ1) is 20.5. The molecule has 0 aliphatic carbocycles. The Balaban J connectivity index is 1.70. The zero-order valence-electron chi connectivity index (χ0n) is 17.1. The van der Waals surface area contributed by atoms with E-state index in [1.807, 2.05) is 68.4 Å². The molecule has 0 saturated heterocycles.